The van der Waals surface area contributed by atoms with E-state index in [4.69, 9.17) is 0 Å². The highest BCUT2D eigenvalue weighted by atomic mass is 32.2. The lowest BCUT2D eigenvalue weighted by Gasteiger charge is -2.10. The van der Waals surface area contributed by atoms with E-state index in [1.165, 1.54) is 12.1 Å². The Hall–Kier alpha value is -1.10. The second-order valence-corrected chi connectivity index (χ2v) is 4.60. The molecule has 0 aliphatic rings. The van der Waals surface area contributed by atoms with Crippen molar-refractivity contribution in [2.45, 2.75) is 6.92 Å². The van der Waals surface area contributed by atoms with E-state index in [0.29, 0.717) is 0 Å². The van der Waals surface area contributed by atoms with Gasteiger partial charge in [0, 0.05) is 0 Å². The molecule has 3 nitrogen and oxygen atoms in total. The molecule has 0 saturated heterocycles. The lowest BCUT2D eigenvalue weighted by molar-refractivity contribution is 0.499. The molecule has 0 aliphatic carbocycles. The number of nitrogens with zero attached hydrogens (tertiary/aromatic N) is 1. The number of hydrogen-bond donors (Lipinski definition) is 0. The van der Waals surface area contributed by atoms with E-state index >= 15 is 0 Å². The van der Waals surface area contributed by atoms with Crippen LogP contribution in [0.5, 0.6) is 0 Å². The van der Waals surface area contributed by atoms with Gasteiger partial charge in [-0.1, -0.05) is 22.2 Å². The van der Waals surface area contributed by atoms with Gasteiger partial charge in [-0.25, -0.2) is 8.42 Å². The Labute approximate surface area is 76.8 Å². The summed E-state index contributed by atoms with van der Waals surface area (Å²) in [4.78, 5) is 0. The van der Waals surface area contributed by atoms with Gasteiger partial charge >= 0.3 is 0 Å². The molecular formula is C8H10FNO2S. The van der Waals surface area contributed by atoms with Crippen LogP contribution in [-0.2, 0) is 10.0 Å². The third-order valence-electron chi connectivity index (χ3n) is 1.53. The fraction of sp³-hybridized carbons (Fsp3) is 0.250. The smallest absolute Gasteiger partial charge is 0.204 e. The average molecular weight is 203 g/mol. The van der Waals surface area contributed by atoms with Gasteiger partial charge in [0.15, 0.2) is 0 Å². The van der Waals surface area contributed by atoms with Crippen molar-refractivity contribution >= 4 is 15.7 Å². The lowest BCUT2D eigenvalue weighted by Crippen LogP contribution is -2.20. The Morgan fingerprint density at radius 3 is 2.08 bits per heavy atom. The largest absolute Gasteiger partial charge is 0.258 e. The van der Waals surface area contributed by atoms with E-state index in [-0.39, 0.29) is 10.2 Å². The molecule has 0 fully saturated rings. The second kappa shape index (κ2) is 3.33. The lowest BCUT2D eigenvalue weighted by atomic mass is 10.2. The van der Waals surface area contributed by atoms with Crippen molar-refractivity contribution in [3.8, 4) is 0 Å². The van der Waals surface area contributed by atoms with Gasteiger partial charge in [-0.05, 0) is 19.1 Å². The highest BCUT2D eigenvalue weighted by Gasteiger charge is 2.15. The molecule has 0 amide bonds. The molecule has 1 aromatic carbocycles. The third kappa shape index (κ3) is 2.42. The van der Waals surface area contributed by atoms with Crippen LogP contribution in [0.1, 0.15) is 5.56 Å². The van der Waals surface area contributed by atoms with E-state index in [2.05, 4.69) is 0 Å². The minimum absolute atomic E-state index is 0.0214. The molecule has 0 saturated carbocycles. The van der Waals surface area contributed by atoms with Gasteiger partial charge in [-0.3, -0.25) is 0 Å². The molecular weight excluding hydrogens is 193 g/mol. The summed E-state index contributed by atoms with van der Waals surface area (Å²) in [6.07, 6.45) is 0.812. The normalized spacial score (nSPS) is 11.3. The first kappa shape index (κ1) is 9.98. The maximum Gasteiger partial charge on any atom is 0.258 e. The molecule has 0 spiro atoms. The highest BCUT2D eigenvalue weighted by molar-refractivity contribution is 7.91. The maximum absolute atomic E-state index is 13.0. The molecule has 0 radical (unpaired) electrons. The van der Waals surface area contributed by atoms with Crippen molar-refractivity contribution in [1.29, 1.82) is 0 Å². The number of rotatable bonds is 2. The minimum atomic E-state index is -3.80. The standard InChI is InChI=1S/C8H10FNO2S/c1-7-3-5-8(6-4-7)10(9)13(2,11)12/h3-6H,1-2H3. The van der Waals surface area contributed by atoms with Crippen molar-refractivity contribution in [2.75, 3.05) is 10.8 Å². The average Bonchev–Trinajstić information content (AvgIpc) is 2.03. The number of halogens is 1. The number of hydrogen-bond acceptors (Lipinski definition) is 2. The van der Waals surface area contributed by atoms with Crippen molar-refractivity contribution in [1.82, 2.24) is 0 Å². The zero-order valence-electron chi connectivity index (χ0n) is 7.36. The predicted molar refractivity (Wildman–Crippen MR) is 49.6 cm³/mol. The summed E-state index contributed by atoms with van der Waals surface area (Å²) in [5.41, 5.74) is 0.971. The predicted octanol–water partition coefficient (Wildman–Crippen LogP) is 1.65. The van der Waals surface area contributed by atoms with Crippen LogP contribution >= 0.6 is 0 Å². The minimum Gasteiger partial charge on any atom is -0.204 e. The van der Waals surface area contributed by atoms with Gasteiger partial charge in [0.1, 0.15) is 0 Å². The third-order valence-corrected chi connectivity index (χ3v) is 2.32. The number of benzene rings is 1. The quantitative estimate of drug-likeness (QED) is 0.685. The zero-order chi connectivity index (χ0) is 10.1. The van der Waals surface area contributed by atoms with Crippen LogP contribution in [0.4, 0.5) is 10.2 Å². The van der Waals surface area contributed by atoms with Crippen molar-refractivity contribution in [3.05, 3.63) is 29.8 Å². The molecule has 72 valence electrons. The molecule has 1 aromatic rings. The first-order valence-electron chi connectivity index (χ1n) is 3.64. The van der Waals surface area contributed by atoms with E-state index in [1.807, 2.05) is 6.92 Å². The summed E-state index contributed by atoms with van der Waals surface area (Å²) >= 11 is 0. The molecule has 0 heterocycles. The van der Waals surface area contributed by atoms with Gasteiger partial charge in [0.25, 0.3) is 10.0 Å². The summed E-state index contributed by atoms with van der Waals surface area (Å²) in [6, 6.07) is 6.12. The van der Waals surface area contributed by atoms with Crippen molar-refractivity contribution in [2.24, 2.45) is 0 Å². The van der Waals surface area contributed by atoms with Gasteiger partial charge in [0.05, 0.1) is 11.9 Å². The van der Waals surface area contributed by atoms with Crippen LogP contribution in [0.3, 0.4) is 0 Å². The van der Waals surface area contributed by atoms with Gasteiger partial charge in [0.2, 0.25) is 0 Å². The Balaban J connectivity index is 3.04. The fourth-order valence-electron chi connectivity index (χ4n) is 0.853. The molecule has 0 N–H and O–H groups in total. The SMILES string of the molecule is Cc1ccc(N(F)S(C)(=O)=O)cc1. The molecule has 13 heavy (non-hydrogen) atoms. The molecule has 0 unspecified atom stereocenters. The van der Waals surface area contributed by atoms with Crippen molar-refractivity contribution in [3.63, 3.8) is 0 Å². The van der Waals surface area contributed by atoms with Crippen molar-refractivity contribution < 1.29 is 12.9 Å². The van der Waals surface area contributed by atoms with Crippen LogP contribution in [0, 0.1) is 6.92 Å². The molecule has 0 atom stereocenters. The molecule has 0 bridgehead atoms. The van der Waals surface area contributed by atoms with E-state index in [1.54, 1.807) is 12.1 Å². The van der Waals surface area contributed by atoms with E-state index in [9.17, 15) is 12.9 Å². The molecule has 0 aliphatic heterocycles. The van der Waals surface area contributed by atoms with E-state index in [0.717, 1.165) is 11.8 Å². The summed E-state index contributed by atoms with van der Waals surface area (Å²) in [5, 5.41) is 0. The Morgan fingerprint density at radius 2 is 1.69 bits per heavy atom. The van der Waals surface area contributed by atoms with Gasteiger partial charge in [-0.15, -0.1) is 4.53 Å². The molecule has 5 heteroatoms. The Kier molecular flexibility index (Phi) is 2.56. The second-order valence-electron chi connectivity index (χ2n) is 2.81. The van der Waals surface area contributed by atoms with Crippen LogP contribution < -0.4 is 4.53 Å². The highest BCUT2D eigenvalue weighted by Crippen LogP contribution is 2.17. The number of sulfonamides is 1. The van der Waals surface area contributed by atoms with Gasteiger partial charge < -0.3 is 0 Å². The first-order valence-corrected chi connectivity index (χ1v) is 5.49. The van der Waals surface area contributed by atoms with E-state index < -0.39 is 10.0 Å². The summed E-state index contributed by atoms with van der Waals surface area (Å²) in [6.45, 7) is 1.84. The summed E-state index contributed by atoms with van der Waals surface area (Å²) in [5.74, 6) is 0. The Bertz CT molecular complexity index is 385. The number of anilines is 1. The zero-order valence-corrected chi connectivity index (χ0v) is 8.18. The molecule has 0 aromatic heterocycles. The number of aryl methyl sites for hydroxylation is 1. The van der Waals surface area contributed by atoms with Crippen LogP contribution in [0.15, 0.2) is 24.3 Å². The summed E-state index contributed by atoms with van der Waals surface area (Å²) in [7, 11) is -3.80. The summed E-state index contributed by atoms with van der Waals surface area (Å²) < 4.78 is 34.3. The fourth-order valence-corrected chi connectivity index (χ4v) is 1.36. The van der Waals surface area contributed by atoms with Crippen LogP contribution in [0.25, 0.3) is 0 Å². The maximum atomic E-state index is 13.0. The van der Waals surface area contributed by atoms with Gasteiger partial charge in [-0.2, -0.15) is 0 Å². The topological polar surface area (TPSA) is 37.4 Å². The monoisotopic (exact) mass is 203 g/mol. The van der Waals surface area contributed by atoms with Crippen LogP contribution in [0.2, 0.25) is 0 Å². The Morgan fingerprint density at radius 1 is 1.23 bits per heavy atom. The van der Waals surface area contributed by atoms with Crippen LogP contribution in [-0.4, -0.2) is 14.7 Å². The first-order chi connectivity index (χ1) is 5.91. The molecule has 1 rings (SSSR count).